The van der Waals surface area contributed by atoms with Crippen molar-refractivity contribution in [1.29, 1.82) is 0 Å². The Kier molecular flexibility index (Phi) is 2.25. The van der Waals surface area contributed by atoms with Crippen molar-refractivity contribution in [3.63, 3.8) is 0 Å². The Morgan fingerprint density at radius 1 is 1.12 bits per heavy atom. The van der Waals surface area contributed by atoms with E-state index >= 15 is 0 Å². The van der Waals surface area contributed by atoms with Gasteiger partial charge in [-0.05, 0) is 19.1 Å². The van der Waals surface area contributed by atoms with Gasteiger partial charge in [0.25, 0.3) is 0 Å². The monoisotopic (exact) mass is 226 g/mol. The summed E-state index contributed by atoms with van der Waals surface area (Å²) in [6, 6.07) is 8.00. The van der Waals surface area contributed by atoms with E-state index in [0.717, 1.165) is 11.0 Å². The van der Waals surface area contributed by atoms with E-state index in [0.29, 0.717) is 6.54 Å². The molecule has 1 aliphatic carbocycles. The Labute approximate surface area is 99.3 Å². The summed E-state index contributed by atoms with van der Waals surface area (Å²) < 4.78 is 3.66. The molecule has 1 heterocycles. The van der Waals surface area contributed by atoms with Gasteiger partial charge in [-0.2, -0.15) is 0 Å². The predicted molar refractivity (Wildman–Crippen MR) is 69.2 cm³/mol. The minimum Gasteiger partial charge on any atom is -0.292 e. The number of rotatable bonds is 2. The molecule has 1 aromatic carbocycles. The predicted octanol–water partition coefficient (Wildman–Crippen LogP) is 2.49. The molecule has 3 nitrogen and oxygen atoms in total. The number of hydrogen-bond donors (Lipinski definition) is 0. The molecule has 0 aliphatic heterocycles. The van der Waals surface area contributed by atoms with Crippen molar-refractivity contribution >= 4 is 11.0 Å². The summed E-state index contributed by atoms with van der Waals surface area (Å²) in [6.07, 6.45) is 8.03. The first-order valence-electron chi connectivity index (χ1n) is 5.87. The largest absolute Gasteiger partial charge is 0.329 e. The van der Waals surface area contributed by atoms with Crippen molar-refractivity contribution in [3.05, 3.63) is 59.1 Å². The first kappa shape index (κ1) is 10.1. The van der Waals surface area contributed by atoms with E-state index in [1.165, 1.54) is 0 Å². The summed E-state index contributed by atoms with van der Waals surface area (Å²) in [4.78, 5) is 12.4. The third-order valence-electron chi connectivity index (χ3n) is 3.21. The Hall–Kier alpha value is -2.03. The number of fused-ring (bicyclic) bond motifs is 1. The first-order valence-corrected chi connectivity index (χ1v) is 5.87. The molecule has 1 aromatic heterocycles. The van der Waals surface area contributed by atoms with Crippen LogP contribution in [0, 0.1) is 0 Å². The van der Waals surface area contributed by atoms with Gasteiger partial charge in [0.15, 0.2) is 0 Å². The molecule has 0 saturated carbocycles. The maximum atomic E-state index is 12.4. The Balaban J connectivity index is 2.37. The van der Waals surface area contributed by atoms with Crippen molar-refractivity contribution in [3.8, 4) is 0 Å². The van der Waals surface area contributed by atoms with Crippen LogP contribution < -0.4 is 5.69 Å². The molecule has 0 bridgehead atoms. The highest BCUT2D eigenvalue weighted by Crippen LogP contribution is 2.21. The summed E-state index contributed by atoms with van der Waals surface area (Å²) in [7, 11) is 0. The Morgan fingerprint density at radius 2 is 1.76 bits per heavy atom. The van der Waals surface area contributed by atoms with Crippen LogP contribution in [0.4, 0.5) is 0 Å². The van der Waals surface area contributed by atoms with Gasteiger partial charge < -0.3 is 0 Å². The second kappa shape index (κ2) is 3.77. The molecule has 0 unspecified atom stereocenters. The van der Waals surface area contributed by atoms with E-state index in [4.69, 9.17) is 0 Å². The van der Waals surface area contributed by atoms with E-state index in [1.807, 2.05) is 64.6 Å². The smallest absolute Gasteiger partial charge is 0.292 e. The lowest BCUT2D eigenvalue weighted by molar-refractivity contribution is 0.655. The summed E-state index contributed by atoms with van der Waals surface area (Å²) in [5.41, 5.74) is 2.07. The van der Waals surface area contributed by atoms with Crippen LogP contribution in [0.5, 0.6) is 0 Å². The SMILES string of the molecule is CCn1c(=O)n(C2C=CC=C2)c2ccccc21. The maximum Gasteiger partial charge on any atom is 0.329 e. The van der Waals surface area contributed by atoms with E-state index in [-0.39, 0.29) is 11.7 Å². The highest BCUT2D eigenvalue weighted by atomic mass is 16.1. The zero-order chi connectivity index (χ0) is 11.8. The van der Waals surface area contributed by atoms with Crippen LogP contribution in [0.2, 0.25) is 0 Å². The summed E-state index contributed by atoms with van der Waals surface area (Å²) in [6.45, 7) is 2.70. The molecule has 0 amide bonds. The standard InChI is InChI=1S/C14H14N2O/c1-2-15-12-9-5-6-10-13(12)16(14(15)17)11-7-3-4-8-11/h3-11H,2H2,1H3. The quantitative estimate of drug-likeness (QED) is 0.772. The number of allylic oxidation sites excluding steroid dienone is 4. The fraction of sp³-hybridized carbons (Fsp3) is 0.214. The summed E-state index contributed by atoms with van der Waals surface area (Å²) in [5, 5.41) is 0. The molecule has 3 heteroatoms. The molecule has 0 saturated heterocycles. The first-order chi connectivity index (χ1) is 8.33. The zero-order valence-corrected chi connectivity index (χ0v) is 9.71. The van der Waals surface area contributed by atoms with Crippen molar-refractivity contribution in [1.82, 2.24) is 9.13 Å². The minimum absolute atomic E-state index is 0.0557. The van der Waals surface area contributed by atoms with Crippen LogP contribution in [-0.4, -0.2) is 9.13 Å². The number of aromatic nitrogens is 2. The van der Waals surface area contributed by atoms with E-state index < -0.39 is 0 Å². The zero-order valence-electron chi connectivity index (χ0n) is 9.71. The van der Waals surface area contributed by atoms with Crippen LogP contribution in [-0.2, 0) is 6.54 Å². The number of nitrogens with zero attached hydrogens (tertiary/aromatic N) is 2. The van der Waals surface area contributed by atoms with Crippen LogP contribution in [0.3, 0.4) is 0 Å². The molecule has 1 aliphatic rings. The lowest BCUT2D eigenvalue weighted by Crippen LogP contribution is -2.25. The molecule has 86 valence electrons. The van der Waals surface area contributed by atoms with Gasteiger partial charge in [-0.25, -0.2) is 4.79 Å². The molecule has 0 spiro atoms. The molecular weight excluding hydrogens is 212 g/mol. The van der Waals surface area contributed by atoms with Crippen LogP contribution >= 0.6 is 0 Å². The van der Waals surface area contributed by atoms with Crippen LogP contribution in [0.15, 0.2) is 53.4 Å². The number of benzene rings is 1. The number of hydrogen-bond acceptors (Lipinski definition) is 1. The molecule has 3 rings (SSSR count). The second-order valence-electron chi connectivity index (χ2n) is 4.15. The molecular formula is C14H14N2O. The van der Waals surface area contributed by atoms with Gasteiger partial charge in [-0.1, -0.05) is 36.4 Å². The average molecular weight is 226 g/mol. The van der Waals surface area contributed by atoms with Gasteiger partial charge >= 0.3 is 5.69 Å². The topological polar surface area (TPSA) is 26.9 Å². The summed E-state index contributed by atoms with van der Waals surface area (Å²) >= 11 is 0. The number of para-hydroxylation sites is 2. The highest BCUT2D eigenvalue weighted by Gasteiger charge is 2.16. The van der Waals surface area contributed by atoms with E-state index in [1.54, 1.807) is 0 Å². The van der Waals surface area contributed by atoms with Crippen LogP contribution in [0.25, 0.3) is 11.0 Å². The van der Waals surface area contributed by atoms with Crippen molar-refractivity contribution in [2.75, 3.05) is 0 Å². The van der Waals surface area contributed by atoms with E-state index in [2.05, 4.69) is 0 Å². The molecule has 0 atom stereocenters. The molecule has 0 radical (unpaired) electrons. The Morgan fingerprint density at radius 3 is 2.41 bits per heavy atom. The third-order valence-corrected chi connectivity index (χ3v) is 3.21. The summed E-state index contributed by atoms with van der Waals surface area (Å²) in [5.74, 6) is 0. The fourth-order valence-corrected chi connectivity index (χ4v) is 2.42. The maximum absolute atomic E-state index is 12.4. The highest BCUT2D eigenvalue weighted by molar-refractivity contribution is 5.76. The molecule has 17 heavy (non-hydrogen) atoms. The number of imidazole rings is 1. The average Bonchev–Trinajstić information content (AvgIpc) is 2.93. The van der Waals surface area contributed by atoms with Gasteiger partial charge in [0.1, 0.15) is 0 Å². The second-order valence-corrected chi connectivity index (χ2v) is 4.15. The minimum atomic E-state index is 0.0557. The van der Waals surface area contributed by atoms with Gasteiger partial charge in [-0.3, -0.25) is 9.13 Å². The molecule has 2 aromatic rings. The third kappa shape index (κ3) is 1.39. The molecule has 0 fully saturated rings. The fourth-order valence-electron chi connectivity index (χ4n) is 2.42. The van der Waals surface area contributed by atoms with Crippen molar-refractivity contribution in [2.45, 2.75) is 19.5 Å². The lowest BCUT2D eigenvalue weighted by atomic mass is 10.2. The van der Waals surface area contributed by atoms with Gasteiger partial charge in [0.05, 0.1) is 17.1 Å². The number of aryl methyl sites for hydroxylation is 1. The van der Waals surface area contributed by atoms with Gasteiger partial charge in [0, 0.05) is 6.54 Å². The van der Waals surface area contributed by atoms with E-state index in [9.17, 15) is 4.79 Å². The van der Waals surface area contributed by atoms with Gasteiger partial charge in [-0.15, -0.1) is 0 Å². The van der Waals surface area contributed by atoms with Crippen LogP contribution in [0.1, 0.15) is 13.0 Å². The molecule has 0 N–H and O–H groups in total. The Bertz CT molecular complexity index is 661. The normalized spacial score (nSPS) is 15.1. The van der Waals surface area contributed by atoms with Crippen molar-refractivity contribution in [2.24, 2.45) is 0 Å². The van der Waals surface area contributed by atoms with Crippen molar-refractivity contribution < 1.29 is 0 Å². The lowest BCUT2D eigenvalue weighted by Gasteiger charge is -2.07. The van der Waals surface area contributed by atoms with Gasteiger partial charge in [0.2, 0.25) is 0 Å².